The van der Waals surface area contributed by atoms with Crippen LogP contribution in [0.4, 0.5) is 4.79 Å². The lowest BCUT2D eigenvalue weighted by Crippen LogP contribution is -2.42. The maximum Gasteiger partial charge on any atom is 0.326 e. The van der Waals surface area contributed by atoms with Crippen LogP contribution in [0.1, 0.15) is 18.9 Å². The van der Waals surface area contributed by atoms with E-state index in [4.69, 9.17) is 10.00 Å². The first-order valence-electron chi connectivity index (χ1n) is 9.28. The van der Waals surface area contributed by atoms with E-state index in [0.717, 1.165) is 15.7 Å². The number of ether oxygens (including phenoxy) is 1. The summed E-state index contributed by atoms with van der Waals surface area (Å²) in [6.07, 6.45) is 0.134. The number of nitrogens with zero attached hydrogens (tertiary/aromatic N) is 2. The molecule has 0 aliphatic carbocycles. The topological polar surface area (TPSA) is 129 Å². The van der Waals surface area contributed by atoms with E-state index in [1.54, 1.807) is 13.0 Å². The number of benzene rings is 2. The van der Waals surface area contributed by atoms with Gasteiger partial charge in [0, 0.05) is 6.54 Å². The summed E-state index contributed by atoms with van der Waals surface area (Å²) in [6, 6.07) is 14.2. The number of rotatable bonds is 7. The number of nitriles is 1. The lowest BCUT2D eigenvalue weighted by molar-refractivity contribution is -0.151. The highest BCUT2D eigenvalue weighted by Gasteiger charge is 2.49. The Balaban J connectivity index is 1.65. The van der Waals surface area contributed by atoms with Gasteiger partial charge in [-0.2, -0.15) is 5.26 Å². The van der Waals surface area contributed by atoms with Crippen molar-refractivity contribution in [1.82, 2.24) is 15.5 Å². The van der Waals surface area contributed by atoms with E-state index < -0.39 is 42.5 Å². The largest absolute Gasteiger partial charge is 0.454 e. The lowest BCUT2D eigenvalue weighted by atomic mass is 9.90. The van der Waals surface area contributed by atoms with E-state index >= 15 is 0 Å². The fraction of sp³-hybridized carbons (Fsp3) is 0.286. The molecule has 9 nitrogen and oxygen atoms in total. The van der Waals surface area contributed by atoms with Crippen molar-refractivity contribution in [3.63, 3.8) is 0 Å². The summed E-state index contributed by atoms with van der Waals surface area (Å²) in [4.78, 5) is 49.6. The second kappa shape index (κ2) is 8.61. The highest BCUT2D eigenvalue weighted by atomic mass is 16.5. The van der Waals surface area contributed by atoms with Crippen molar-refractivity contribution >= 4 is 34.6 Å². The molecule has 0 unspecified atom stereocenters. The zero-order valence-corrected chi connectivity index (χ0v) is 16.3. The van der Waals surface area contributed by atoms with Crippen LogP contribution in [-0.2, 0) is 24.7 Å². The molecule has 2 aromatic carbocycles. The van der Waals surface area contributed by atoms with Crippen LogP contribution in [0, 0.1) is 11.3 Å². The normalized spacial score (nSPS) is 18.1. The van der Waals surface area contributed by atoms with Gasteiger partial charge in [-0.15, -0.1) is 0 Å². The summed E-state index contributed by atoms with van der Waals surface area (Å²) < 4.78 is 4.82. The van der Waals surface area contributed by atoms with Crippen molar-refractivity contribution in [1.29, 1.82) is 5.26 Å². The Bertz CT molecular complexity index is 1060. The van der Waals surface area contributed by atoms with Crippen molar-refractivity contribution in [2.75, 3.05) is 19.7 Å². The van der Waals surface area contributed by atoms with Crippen LogP contribution >= 0.6 is 0 Å². The van der Waals surface area contributed by atoms with Crippen LogP contribution in [0.2, 0.25) is 0 Å². The minimum Gasteiger partial charge on any atom is -0.454 e. The standard InChI is InChI=1S/C21H20N4O5/c1-21(16-8-7-14-5-2-3-6-15(14)11-16)19(28)25(20(29)24-21)12-18(27)30-13-17(26)23-10-4-9-22/h2-3,5-8,11H,4,10,12-13H2,1H3,(H,23,26)(H,24,29)/t21-/m1/s1. The fourth-order valence-electron chi connectivity index (χ4n) is 3.17. The van der Waals surface area contributed by atoms with Crippen molar-refractivity contribution in [2.24, 2.45) is 0 Å². The SMILES string of the molecule is C[C@]1(c2ccc3ccccc3c2)NC(=O)N(CC(=O)OCC(=O)NCCC#N)C1=O. The molecule has 1 aliphatic rings. The van der Waals surface area contributed by atoms with Crippen molar-refractivity contribution in [3.8, 4) is 6.07 Å². The van der Waals surface area contributed by atoms with E-state index in [0.29, 0.717) is 5.56 Å². The Morgan fingerprint density at radius 2 is 1.93 bits per heavy atom. The molecule has 0 saturated carbocycles. The maximum absolute atomic E-state index is 12.9. The van der Waals surface area contributed by atoms with Crippen molar-refractivity contribution < 1.29 is 23.9 Å². The van der Waals surface area contributed by atoms with Gasteiger partial charge in [-0.05, 0) is 29.3 Å². The van der Waals surface area contributed by atoms with Gasteiger partial charge < -0.3 is 15.4 Å². The Morgan fingerprint density at radius 1 is 1.20 bits per heavy atom. The number of carbonyl (C=O) groups excluding carboxylic acids is 4. The lowest BCUT2D eigenvalue weighted by Gasteiger charge is -2.22. The van der Waals surface area contributed by atoms with Crippen LogP contribution in [0.5, 0.6) is 0 Å². The van der Waals surface area contributed by atoms with Gasteiger partial charge in [-0.3, -0.25) is 19.3 Å². The summed E-state index contributed by atoms with van der Waals surface area (Å²) in [5.41, 5.74) is -0.733. The predicted octanol–water partition coefficient (Wildman–Crippen LogP) is 1.18. The first-order chi connectivity index (χ1) is 14.3. The van der Waals surface area contributed by atoms with Crippen LogP contribution in [0.3, 0.4) is 0 Å². The number of nitrogens with one attached hydrogen (secondary N) is 2. The molecule has 2 aromatic rings. The summed E-state index contributed by atoms with van der Waals surface area (Å²) >= 11 is 0. The van der Waals surface area contributed by atoms with E-state index in [1.807, 2.05) is 42.5 Å². The average Bonchev–Trinajstić information content (AvgIpc) is 2.96. The summed E-state index contributed by atoms with van der Waals surface area (Å²) in [5, 5.41) is 15.4. The highest BCUT2D eigenvalue weighted by molar-refractivity contribution is 6.09. The molecule has 0 radical (unpaired) electrons. The van der Waals surface area contributed by atoms with Crippen LogP contribution in [-0.4, -0.2) is 48.4 Å². The summed E-state index contributed by atoms with van der Waals surface area (Å²) in [7, 11) is 0. The van der Waals surface area contributed by atoms with E-state index in [-0.39, 0.29) is 13.0 Å². The maximum atomic E-state index is 12.9. The smallest absolute Gasteiger partial charge is 0.326 e. The Labute approximate surface area is 172 Å². The van der Waals surface area contributed by atoms with Crippen LogP contribution in [0.25, 0.3) is 10.8 Å². The molecular formula is C21H20N4O5. The third kappa shape index (κ3) is 4.22. The quantitative estimate of drug-likeness (QED) is 0.402. The predicted molar refractivity (Wildman–Crippen MR) is 106 cm³/mol. The second-order valence-electron chi connectivity index (χ2n) is 6.93. The minimum atomic E-state index is -1.32. The molecule has 0 spiro atoms. The molecule has 1 aliphatic heterocycles. The van der Waals surface area contributed by atoms with Gasteiger partial charge in [0.1, 0.15) is 12.1 Å². The molecule has 1 saturated heterocycles. The fourth-order valence-corrected chi connectivity index (χ4v) is 3.17. The minimum absolute atomic E-state index is 0.134. The van der Waals surface area contributed by atoms with Crippen molar-refractivity contribution in [2.45, 2.75) is 18.9 Å². The second-order valence-corrected chi connectivity index (χ2v) is 6.93. The van der Waals surface area contributed by atoms with Crippen molar-refractivity contribution in [3.05, 3.63) is 48.0 Å². The molecule has 9 heteroatoms. The summed E-state index contributed by atoms with van der Waals surface area (Å²) in [5.74, 6) is -2.05. The monoisotopic (exact) mass is 408 g/mol. The van der Waals surface area contributed by atoms with Gasteiger partial charge in [-0.25, -0.2) is 4.79 Å². The molecule has 4 amide bonds. The summed E-state index contributed by atoms with van der Waals surface area (Å²) in [6.45, 7) is 0.546. The van der Waals surface area contributed by atoms with Gasteiger partial charge in [0.15, 0.2) is 6.61 Å². The third-order valence-corrected chi connectivity index (χ3v) is 4.81. The number of carbonyl (C=O) groups is 4. The molecule has 154 valence electrons. The Kier molecular flexibility index (Phi) is 5.97. The zero-order valence-electron chi connectivity index (χ0n) is 16.3. The van der Waals surface area contributed by atoms with Gasteiger partial charge in [0.2, 0.25) is 0 Å². The molecule has 0 bridgehead atoms. The molecule has 0 aromatic heterocycles. The van der Waals surface area contributed by atoms with Gasteiger partial charge in [-0.1, -0.05) is 36.4 Å². The van der Waals surface area contributed by atoms with Crippen LogP contribution < -0.4 is 10.6 Å². The first kappa shape index (κ1) is 20.8. The van der Waals surface area contributed by atoms with Gasteiger partial charge >= 0.3 is 12.0 Å². The number of esters is 1. The molecule has 1 atom stereocenters. The van der Waals surface area contributed by atoms with Gasteiger partial charge in [0.25, 0.3) is 11.8 Å². The third-order valence-electron chi connectivity index (χ3n) is 4.81. The average molecular weight is 408 g/mol. The molecule has 1 heterocycles. The van der Waals surface area contributed by atoms with E-state index in [2.05, 4.69) is 10.6 Å². The molecule has 30 heavy (non-hydrogen) atoms. The highest BCUT2D eigenvalue weighted by Crippen LogP contribution is 2.30. The van der Waals surface area contributed by atoms with E-state index in [9.17, 15) is 19.2 Å². The van der Waals surface area contributed by atoms with E-state index in [1.165, 1.54) is 0 Å². The molecular weight excluding hydrogens is 388 g/mol. The molecule has 2 N–H and O–H groups in total. The van der Waals surface area contributed by atoms with Crippen LogP contribution in [0.15, 0.2) is 42.5 Å². The molecule has 1 fully saturated rings. The number of hydrogen-bond acceptors (Lipinski definition) is 6. The number of fused-ring (bicyclic) bond motifs is 1. The number of amides is 4. The van der Waals surface area contributed by atoms with Gasteiger partial charge in [0.05, 0.1) is 12.5 Å². The number of imide groups is 1. The molecule has 3 rings (SSSR count). The Morgan fingerprint density at radius 3 is 2.67 bits per heavy atom. The Hall–Kier alpha value is -3.93. The first-order valence-corrected chi connectivity index (χ1v) is 9.28. The zero-order chi connectivity index (χ0) is 21.7. The number of urea groups is 1. The number of hydrogen-bond donors (Lipinski definition) is 2.